The zero-order valence-corrected chi connectivity index (χ0v) is 20.8. The number of fused-ring (bicyclic) bond motifs is 1. The maximum absolute atomic E-state index is 13.3. The highest BCUT2D eigenvalue weighted by Crippen LogP contribution is 2.33. The van der Waals surface area contributed by atoms with Crippen molar-refractivity contribution in [3.05, 3.63) is 88.5 Å². The van der Waals surface area contributed by atoms with Gasteiger partial charge in [-0.25, -0.2) is 0 Å². The van der Waals surface area contributed by atoms with Gasteiger partial charge in [0.2, 0.25) is 0 Å². The van der Waals surface area contributed by atoms with Gasteiger partial charge in [-0.05, 0) is 49.0 Å². The van der Waals surface area contributed by atoms with E-state index in [4.69, 9.17) is 4.74 Å². The van der Waals surface area contributed by atoms with E-state index in [1.807, 2.05) is 67.5 Å². The summed E-state index contributed by atoms with van der Waals surface area (Å²) >= 11 is 0. The molecule has 3 aromatic rings. The van der Waals surface area contributed by atoms with Crippen molar-refractivity contribution in [3.8, 4) is 17.2 Å². The van der Waals surface area contributed by atoms with Crippen LogP contribution < -0.4 is 4.74 Å². The molecule has 0 unspecified atom stereocenters. The largest absolute Gasteiger partial charge is 0.507 e. The molecule has 3 aromatic carbocycles. The van der Waals surface area contributed by atoms with Gasteiger partial charge in [-0.15, -0.1) is 0 Å². The summed E-state index contributed by atoms with van der Waals surface area (Å²) in [5, 5.41) is 20.8. The van der Waals surface area contributed by atoms with Crippen molar-refractivity contribution in [2.45, 2.75) is 19.6 Å². The first-order valence-electron chi connectivity index (χ1n) is 11.8. The molecule has 0 atom stereocenters. The van der Waals surface area contributed by atoms with Crippen molar-refractivity contribution in [1.29, 1.82) is 0 Å². The molecule has 8 nitrogen and oxygen atoms in total. The first-order valence-corrected chi connectivity index (χ1v) is 11.8. The van der Waals surface area contributed by atoms with E-state index >= 15 is 0 Å². The Balaban J connectivity index is 1.49. The standard InChI is InChI=1S/C28H31N3O5/c1-29(2)11-12-36-22-10-9-20-17-31(18-21(20)13-22)28(35)24-14-23(25(32)15-26(24)33)27(34)30(3)16-19-7-5-4-6-8-19/h4-10,13-15,32-33H,11-12,16-18H2,1-3H3. The third-order valence-corrected chi connectivity index (χ3v) is 6.18. The number of benzene rings is 3. The number of rotatable bonds is 8. The van der Waals surface area contributed by atoms with Crippen LogP contribution in [-0.2, 0) is 19.6 Å². The second kappa shape index (κ2) is 10.7. The maximum atomic E-state index is 13.3. The minimum atomic E-state index is -0.449. The molecule has 4 rings (SSSR count). The molecule has 8 heteroatoms. The SMILES string of the molecule is CN(C)CCOc1ccc2c(c1)CN(C(=O)c1cc(C(=O)N(C)Cc3ccccc3)c(O)cc1O)C2. The van der Waals surface area contributed by atoms with Gasteiger partial charge in [0, 0.05) is 39.3 Å². The average molecular weight is 490 g/mol. The number of ether oxygens (including phenoxy) is 1. The fraction of sp³-hybridized carbons (Fsp3) is 0.286. The van der Waals surface area contributed by atoms with Crippen molar-refractivity contribution in [2.75, 3.05) is 34.3 Å². The van der Waals surface area contributed by atoms with Crippen LogP contribution in [0.5, 0.6) is 17.2 Å². The molecule has 0 bridgehead atoms. The molecule has 1 aliphatic rings. The summed E-state index contributed by atoms with van der Waals surface area (Å²) < 4.78 is 5.81. The summed E-state index contributed by atoms with van der Waals surface area (Å²) in [5.74, 6) is -0.874. The van der Waals surface area contributed by atoms with Gasteiger partial charge in [-0.1, -0.05) is 36.4 Å². The van der Waals surface area contributed by atoms with Crippen LogP contribution in [0.1, 0.15) is 37.4 Å². The Morgan fingerprint density at radius 1 is 0.889 bits per heavy atom. The average Bonchev–Trinajstić information content (AvgIpc) is 3.27. The van der Waals surface area contributed by atoms with E-state index in [1.54, 1.807) is 11.9 Å². The number of likely N-dealkylation sites (N-methyl/N-ethyl adjacent to an activating group) is 1. The van der Waals surface area contributed by atoms with Crippen molar-refractivity contribution < 1.29 is 24.5 Å². The highest BCUT2D eigenvalue weighted by molar-refractivity contribution is 6.03. The number of aromatic hydroxyl groups is 2. The molecule has 1 heterocycles. The lowest BCUT2D eigenvalue weighted by Crippen LogP contribution is -2.28. The van der Waals surface area contributed by atoms with Gasteiger partial charge in [0.1, 0.15) is 23.9 Å². The molecule has 0 aromatic heterocycles. The normalized spacial score (nSPS) is 12.5. The Bertz CT molecular complexity index is 1260. The molecule has 36 heavy (non-hydrogen) atoms. The fourth-order valence-electron chi connectivity index (χ4n) is 4.18. The summed E-state index contributed by atoms with van der Waals surface area (Å²) in [6.45, 7) is 2.43. The van der Waals surface area contributed by atoms with Gasteiger partial charge in [0.25, 0.3) is 11.8 Å². The molecule has 0 aliphatic carbocycles. The molecular weight excluding hydrogens is 458 g/mol. The molecule has 0 radical (unpaired) electrons. The van der Waals surface area contributed by atoms with Gasteiger partial charge in [-0.3, -0.25) is 9.59 Å². The highest BCUT2D eigenvalue weighted by Gasteiger charge is 2.28. The predicted octanol–water partition coefficient (Wildman–Crippen LogP) is 3.47. The van der Waals surface area contributed by atoms with E-state index in [9.17, 15) is 19.8 Å². The van der Waals surface area contributed by atoms with Crippen LogP contribution in [0.4, 0.5) is 0 Å². The van der Waals surface area contributed by atoms with Crippen LogP contribution in [0.3, 0.4) is 0 Å². The number of carbonyl (C=O) groups excluding carboxylic acids is 2. The topological polar surface area (TPSA) is 93.6 Å². The number of amides is 2. The first-order chi connectivity index (χ1) is 17.2. The Morgan fingerprint density at radius 3 is 2.31 bits per heavy atom. The predicted molar refractivity (Wildman–Crippen MR) is 136 cm³/mol. The van der Waals surface area contributed by atoms with Gasteiger partial charge in [0.05, 0.1) is 11.1 Å². The lowest BCUT2D eigenvalue weighted by molar-refractivity contribution is 0.0748. The van der Waals surface area contributed by atoms with Crippen LogP contribution in [0, 0.1) is 0 Å². The Hall–Kier alpha value is -4.04. The van der Waals surface area contributed by atoms with Gasteiger partial charge in [-0.2, -0.15) is 0 Å². The minimum absolute atomic E-state index is 0.0282. The van der Waals surface area contributed by atoms with E-state index in [-0.39, 0.29) is 22.6 Å². The van der Waals surface area contributed by atoms with E-state index in [1.165, 1.54) is 11.0 Å². The molecule has 0 spiro atoms. The maximum Gasteiger partial charge on any atom is 0.258 e. The Labute approximate surface area is 210 Å². The lowest BCUT2D eigenvalue weighted by Gasteiger charge is -2.20. The van der Waals surface area contributed by atoms with Crippen LogP contribution >= 0.6 is 0 Å². The van der Waals surface area contributed by atoms with E-state index < -0.39 is 11.8 Å². The highest BCUT2D eigenvalue weighted by atomic mass is 16.5. The minimum Gasteiger partial charge on any atom is -0.507 e. The van der Waals surface area contributed by atoms with Gasteiger partial charge < -0.3 is 29.6 Å². The van der Waals surface area contributed by atoms with Crippen LogP contribution in [0.15, 0.2) is 60.7 Å². The number of phenolic OH excluding ortho intramolecular Hbond substituents is 2. The second-order valence-corrected chi connectivity index (χ2v) is 9.28. The lowest BCUT2D eigenvalue weighted by atomic mass is 10.1. The zero-order chi connectivity index (χ0) is 25.8. The summed E-state index contributed by atoms with van der Waals surface area (Å²) in [6.07, 6.45) is 0. The van der Waals surface area contributed by atoms with Crippen molar-refractivity contribution in [1.82, 2.24) is 14.7 Å². The zero-order valence-electron chi connectivity index (χ0n) is 20.8. The number of phenols is 2. The van der Waals surface area contributed by atoms with Crippen molar-refractivity contribution in [2.24, 2.45) is 0 Å². The fourth-order valence-corrected chi connectivity index (χ4v) is 4.18. The Kier molecular flexibility index (Phi) is 7.45. The first kappa shape index (κ1) is 25.1. The molecule has 2 N–H and O–H groups in total. The number of nitrogens with zero attached hydrogens (tertiary/aromatic N) is 3. The van der Waals surface area contributed by atoms with Crippen LogP contribution in [0.2, 0.25) is 0 Å². The van der Waals surface area contributed by atoms with Gasteiger partial charge >= 0.3 is 0 Å². The molecule has 188 valence electrons. The molecule has 0 saturated carbocycles. The van der Waals surface area contributed by atoms with Crippen LogP contribution in [0.25, 0.3) is 0 Å². The second-order valence-electron chi connectivity index (χ2n) is 9.28. The summed E-state index contributed by atoms with van der Waals surface area (Å²) in [5.41, 5.74) is 2.84. The van der Waals surface area contributed by atoms with Crippen molar-refractivity contribution in [3.63, 3.8) is 0 Å². The van der Waals surface area contributed by atoms with Gasteiger partial charge in [0.15, 0.2) is 0 Å². The van der Waals surface area contributed by atoms with E-state index in [2.05, 4.69) is 0 Å². The smallest absolute Gasteiger partial charge is 0.258 e. The molecule has 1 aliphatic heterocycles. The molecule has 0 fully saturated rings. The summed E-state index contributed by atoms with van der Waals surface area (Å²) in [4.78, 5) is 31.5. The molecule has 2 amide bonds. The third-order valence-electron chi connectivity index (χ3n) is 6.18. The monoisotopic (exact) mass is 489 g/mol. The molecule has 0 saturated heterocycles. The number of hydrogen-bond donors (Lipinski definition) is 2. The molecular formula is C28H31N3O5. The number of hydrogen-bond acceptors (Lipinski definition) is 6. The van der Waals surface area contributed by atoms with Crippen molar-refractivity contribution >= 4 is 11.8 Å². The number of carbonyl (C=O) groups is 2. The van der Waals surface area contributed by atoms with Crippen LogP contribution in [-0.4, -0.2) is 71.0 Å². The summed E-state index contributed by atoms with van der Waals surface area (Å²) in [6, 6.07) is 17.6. The summed E-state index contributed by atoms with van der Waals surface area (Å²) in [7, 11) is 5.58. The van der Waals surface area contributed by atoms with E-state index in [0.29, 0.717) is 26.2 Å². The Morgan fingerprint density at radius 2 is 1.58 bits per heavy atom. The third kappa shape index (κ3) is 5.60. The van der Waals surface area contributed by atoms with E-state index in [0.717, 1.165) is 35.1 Å². The quantitative estimate of drug-likeness (QED) is 0.503.